The third kappa shape index (κ3) is 2.44. The second-order valence-electron chi connectivity index (χ2n) is 3.53. The van der Waals surface area contributed by atoms with Crippen LogP contribution in [-0.2, 0) is 6.54 Å². The number of carbonyl (C=O) groups excluding carboxylic acids is 1. The Kier molecular flexibility index (Phi) is 2.86. The van der Waals surface area contributed by atoms with Crippen LogP contribution in [0.15, 0.2) is 6.20 Å². The average molecular weight is 229 g/mol. The Labute approximate surface area is 91.1 Å². The van der Waals surface area contributed by atoms with Crippen molar-refractivity contribution in [3.63, 3.8) is 0 Å². The van der Waals surface area contributed by atoms with Gasteiger partial charge in [-0.15, -0.1) is 11.3 Å². The summed E-state index contributed by atoms with van der Waals surface area (Å²) < 4.78 is 12.5. The summed E-state index contributed by atoms with van der Waals surface area (Å²) in [5, 5.41) is 3.58. The predicted octanol–water partition coefficient (Wildman–Crippen LogP) is 1.31. The molecule has 0 spiro atoms. The van der Waals surface area contributed by atoms with Gasteiger partial charge in [-0.1, -0.05) is 0 Å². The third-order valence-corrected chi connectivity index (χ3v) is 3.10. The molecule has 0 saturated carbocycles. The van der Waals surface area contributed by atoms with E-state index in [1.807, 2.05) is 6.92 Å². The Hall–Kier alpha value is -1.17. The first-order valence-corrected chi connectivity index (χ1v) is 5.55. The lowest BCUT2D eigenvalue weighted by molar-refractivity contribution is 0.0897. The molecule has 6 heteroatoms. The summed E-state index contributed by atoms with van der Waals surface area (Å²) in [7, 11) is 0. The van der Waals surface area contributed by atoms with E-state index in [0.717, 1.165) is 9.88 Å². The monoisotopic (exact) mass is 229 g/mol. The number of likely N-dealkylation sites (tertiary alicyclic amines) is 1. The lowest BCUT2D eigenvalue weighted by Gasteiger charge is -2.34. The minimum atomic E-state index is -0.849. The van der Waals surface area contributed by atoms with E-state index in [-0.39, 0.29) is 19.1 Å². The summed E-state index contributed by atoms with van der Waals surface area (Å²) in [6.07, 6.45) is 0.922. The minimum absolute atomic E-state index is 0.211. The van der Waals surface area contributed by atoms with Crippen molar-refractivity contribution in [2.75, 3.05) is 13.1 Å². The van der Waals surface area contributed by atoms with E-state index in [4.69, 9.17) is 0 Å². The molecule has 82 valence electrons. The molecule has 0 aliphatic carbocycles. The number of rotatable bonds is 2. The van der Waals surface area contributed by atoms with E-state index >= 15 is 0 Å². The molecule has 0 radical (unpaired) electrons. The second kappa shape index (κ2) is 4.14. The summed E-state index contributed by atoms with van der Waals surface area (Å²) in [5.41, 5.74) is 0. The number of nitrogens with one attached hydrogen (secondary N) is 1. The molecule has 1 N–H and O–H groups in total. The van der Waals surface area contributed by atoms with Crippen molar-refractivity contribution in [2.45, 2.75) is 19.6 Å². The molecule has 2 rings (SSSR count). The maximum Gasteiger partial charge on any atom is 0.317 e. The number of alkyl halides is 1. The summed E-state index contributed by atoms with van der Waals surface area (Å²) in [6, 6.07) is -0.211. The minimum Gasteiger partial charge on any atom is -0.331 e. The van der Waals surface area contributed by atoms with Gasteiger partial charge in [0, 0.05) is 11.1 Å². The molecule has 4 nitrogen and oxygen atoms in total. The lowest BCUT2D eigenvalue weighted by atomic mass is 10.2. The number of hydrogen-bond acceptors (Lipinski definition) is 3. The zero-order valence-electron chi connectivity index (χ0n) is 8.36. The van der Waals surface area contributed by atoms with Crippen molar-refractivity contribution in [2.24, 2.45) is 0 Å². The van der Waals surface area contributed by atoms with Crippen LogP contribution in [0, 0.1) is 6.92 Å². The van der Waals surface area contributed by atoms with Crippen molar-refractivity contribution >= 4 is 17.4 Å². The SMILES string of the molecule is Cc1cnc(CNC(=O)N2CC(F)C2)s1. The Bertz CT molecular complexity index is 362. The number of thiazole rings is 1. The van der Waals surface area contributed by atoms with Gasteiger partial charge in [-0.3, -0.25) is 0 Å². The van der Waals surface area contributed by atoms with Crippen LogP contribution in [0.2, 0.25) is 0 Å². The number of hydrogen-bond donors (Lipinski definition) is 1. The van der Waals surface area contributed by atoms with Crippen molar-refractivity contribution in [3.05, 3.63) is 16.1 Å². The first-order valence-electron chi connectivity index (χ1n) is 4.73. The van der Waals surface area contributed by atoms with Gasteiger partial charge >= 0.3 is 6.03 Å². The molecule has 0 unspecified atom stereocenters. The van der Waals surface area contributed by atoms with Crippen LogP contribution in [0.25, 0.3) is 0 Å². The molecule has 2 heterocycles. The van der Waals surface area contributed by atoms with Crippen LogP contribution in [0.1, 0.15) is 9.88 Å². The summed E-state index contributed by atoms with van der Waals surface area (Å²) in [4.78, 5) is 18.1. The van der Waals surface area contributed by atoms with Gasteiger partial charge in [0.2, 0.25) is 0 Å². The molecular formula is C9H12FN3OS. The van der Waals surface area contributed by atoms with Crippen molar-refractivity contribution in [1.29, 1.82) is 0 Å². The first-order chi connectivity index (χ1) is 7.15. The van der Waals surface area contributed by atoms with Gasteiger partial charge in [-0.05, 0) is 6.92 Å². The van der Waals surface area contributed by atoms with E-state index in [0.29, 0.717) is 6.54 Å². The molecule has 1 saturated heterocycles. The van der Waals surface area contributed by atoms with Crippen molar-refractivity contribution in [3.8, 4) is 0 Å². The molecule has 1 aliphatic rings. The van der Waals surface area contributed by atoms with Gasteiger partial charge in [0.15, 0.2) is 0 Å². The molecule has 1 aromatic heterocycles. The smallest absolute Gasteiger partial charge is 0.317 e. The zero-order chi connectivity index (χ0) is 10.8. The molecule has 2 amide bonds. The van der Waals surface area contributed by atoms with Crippen LogP contribution in [0.4, 0.5) is 9.18 Å². The number of nitrogens with zero attached hydrogens (tertiary/aromatic N) is 2. The fraction of sp³-hybridized carbons (Fsp3) is 0.556. The average Bonchev–Trinajstić information content (AvgIpc) is 2.56. The number of halogens is 1. The predicted molar refractivity (Wildman–Crippen MR) is 55.6 cm³/mol. The molecule has 15 heavy (non-hydrogen) atoms. The van der Waals surface area contributed by atoms with E-state index in [1.165, 1.54) is 4.90 Å². The molecule has 1 fully saturated rings. The van der Waals surface area contributed by atoms with E-state index < -0.39 is 6.17 Å². The van der Waals surface area contributed by atoms with Crippen LogP contribution >= 0.6 is 11.3 Å². The largest absolute Gasteiger partial charge is 0.331 e. The summed E-state index contributed by atoms with van der Waals surface area (Å²) in [6.45, 7) is 2.81. The number of amides is 2. The van der Waals surface area contributed by atoms with E-state index in [1.54, 1.807) is 17.5 Å². The topological polar surface area (TPSA) is 45.2 Å². The van der Waals surface area contributed by atoms with Gasteiger partial charge in [0.1, 0.15) is 11.2 Å². The fourth-order valence-corrected chi connectivity index (χ4v) is 2.06. The highest BCUT2D eigenvalue weighted by molar-refractivity contribution is 7.11. The van der Waals surface area contributed by atoms with Crippen LogP contribution in [0.5, 0.6) is 0 Å². The van der Waals surface area contributed by atoms with E-state index in [2.05, 4.69) is 10.3 Å². The third-order valence-electron chi connectivity index (χ3n) is 2.18. The van der Waals surface area contributed by atoms with E-state index in [9.17, 15) is 9.18 Å². The van der Waals surface area contributed by atoms with Gasteiger partial charge < -0.3 is 10.2 Å². The number of carbonyl (C=O) groups is 1. The number of aryl methyl sites for hydroxylation is 1. The van der Waals surface area contributed by atoms with Gasteiger partial charge in [0.25, 0.3) is 0 Å². The van der Waals surface area contributed by atoms with Crippen molar-refractivity contribution < 1.29 is 9.18 Å². The fourth-order valence-electron chi connectivity index (χ4n) is 1.34. The maximum atomic E-state index is 12.5. The molecule has 1 aromatic rings. The van der Waals surface area contributed by atoms with Gasteiger partial charge in [0.05, 0.1) is 19.6 Å². The lowest BCUT2D eigenvalue weighted by Crippen LogP contribution is -2.54. The summed E-state index contributed by atoms with van der Waals surface area (Å²) >= 11 is 1.55. The maximum absolute atomic E-state index is 12.5. The second-order valence-corrected chi connectivity index (χ2v) is 4.84. The highest BCUT2D eigenvalue weighted by atomic mass is 32.1. The zero-order valence-corrected chi connectivity index (χ0v) is 9.18. The number of urea groups is 1. The Balaban J connectivity index is 1.76. The van der Waals surface area contributed by atoms with Crippen LogP contribution in [0.3, 0.4) is 0 Å². The van der Waals surface area contributed by atoms with Gasteiger partial charge in [-0.2, -0.15) is 0 Å². The van der Waals surface area contributed by atoms with Crippen LogP contribution in [-0.4, -0.2) is 35.2 Å². The Morgan fingerprint density at radius 3 is 3.07 bits per heavy atom. The molecule has 1 aliphatic heterocycles. The Morgan fingerprint density at radius 2 is 2.53 bits per heavy atom. The molecule has 0 atom stereocenters. The van der Waals surface area contributed by atoms with Crippen LogP contribution < -0.4 is 5.32 Å². The van der Waals surface area contributed by atoms with Gasteiger partial charge in [-0.25, -0.2) is 14.2 Å². The normalized spacial score (nSPS) is 16.3. The molecule has 0 bridgehead atoms. The number of aromatic nitrogens is 1. The highest BCUT2D eigenvalue weighted by Crippen LogP contribution is 2.13. The molecular weight excluding hydrogens is 217 g/mol. The highest BCUT2D eigenvalue weighted by Gasteiger charge is 2.30. The van der Waals surface area contributed by atoms with Crippen molar-refractivity contribution in [1.82, 2.24) is 15.2 Å². The molecule has 0 aromatic carbocycles. The Morgan fingerprint density at radius 1 is 1.80 bits per heavy atom. The summed E-state index contributed by atoms with van der Waals surface area (Å²) in [5.74, 6) is 0. The standard InChI is InChI=1S/C9H12FN3OS/c1-6-2-11-8(15-6)3-12-9(14)13-4-7(10)5-13/h2,7H,3-5H2,1H3,(H,12,14). The first kappa shape index (κ1) is 10.4. The quantitative estimate of drug-likeness (QED) is 0.831.